The first-order valence-corrected chi connectivity index (χ1v) is 4.86. The average Bonchev–Trinajstić information content (AvgIpc) is 2.47. The zero-order valence-corrected chi connectivity index (χ0v) is 8.93. The van der Waals surface area contributed by atoms with Crippen LogP contribution in [0.15, 0.2) is 0 Å². The Bertz CT molecular complexity index is 259. The van der Waals surface area contributed by atoms with Crippen molar-refractivity contribution in [2.24, 2.45) is 0 Å². The Kier molecular flexibility index (Phi) is 3.44. The molecule has 1 atom stereocenters. The molecule has 0 radical (unpaired) electrons. The molecule has 0 aliphatic carbocycles. The minimum atomic E-state index is 0.338. The van der Waals surface area contributed by atoms with Gasteiger partial charge in [0.05, 0.1) is 0 Å². The van der Waals surface area contributed by atoms with Crippen LogP contribution in [0.1, 0.15) is 6.92 Å². The molecule has 0 aromatic carbocycles. The van der Waals surface area contributed by atoms with Gasteiger partial charge in [-0.2, -0.15) is 9.36 Å². The molecule has 6 heteroatoms. The number of hydrogen-bond donors (Lipinski definition) is 2. The molecule has 0 spiro atoms. The highest BCUT2D eigenvalue weighted by molar-refractivity contribution is 7.09. The lowest BCUT2D eigenvalue weighted by molar-refractivity contribution is 0.326. The Balaban J connectivity index is 2.35. The highest BCUT2D eigenvalue weighted by atomic mass is 32.1. The standard InChI is InChI=1S/C7H15N5S/c1-5(12(2)3)4-9-7-10-6(8)11-13-7/h5H,4H2,1-3H3,(H3,8,9,10,11). The predicted octanol–water partition coefficient (Wildman–Crippen LogP) is 0.482. The maximum absolute atomic E-state index is 5.38. The summed E-state index contributed by atoms with van der Waals surface area (Å²) >= 11 is 1.29. The second-order valence-electron chi connectivity index (χ2n) is 3.15. The normalized spacial score (nSPS) is 13.2. The van der Waals surface area contributed by atoms with Gasteiger partial charge >= 0.3 is 0 Å². The molecule has 1 heterocycles. The Morgan fingerprint density at radius 2 is 2.31 bits per heavy atom. The van der Waals surface area contributed by atoms with Gasteiger partial charge in [0, 0.05) is 24.1 Å². The van der Waals surface area contributed by atoms with Crippen molar-refractivity contribution in [2.75, 3.05) is 31.7 Å². The van der Waals surface area contributed by atoms with Crippen LogP contribution in [0.4, 0.5) is 11.1 Å². The number of nitrogens with zero attached hydrogens (tertiary/aromatic N) is 3. The SMILES string of the molecule is CC(CNc1nc(N)ns1)N(C)C. The van der Waals surface area contributed by atoms with Crippen LogP contribution in [-0.4, -0.2) is 40.9 Å². The molecule has 5 nitrogen and oxygen atoms in total. The molecule has 13 heavy (non-hydrogen) atoms. The van der Waals surface area contributed by atoms with Gasteiger partial charge in [-0.3, -0.25) is 0 Å². The molecular formula is C7H15N5S. The number of nitrogens with two attached hydrogens (primary N) is 1. The summed E-state index contributed by atoms with van der Waals surface area (Å²) in [5.41, 5.74) is 5.38. The third-order valence-corrected chi connectivity index (χ3v) is 2.56. The van der Waals surface area contributed by atoms with Crippen LogP contribution in [0.25, 0.3) is 0 Å². The van der Waals surface area contributed by atoms with Crippen LogP contribution in [0.2, 0.25) is 0 Å². The van der Waals surface area contributed by atoms with Crippen molar-refractivity contribution in [3.05, 3.63) is 0 Å². The van der Waals surface area contributed by atoms with E-state index in [1.807, 2.05) is 14.1 Å². The molecular weight excluding hydrogens is 186 g/mol. The van der Waals surface area contributed by atoms with E-state index >= 15 is 0 Å². The zero-order valence-electron chi connectivity index (χ0n) is 8.11. The molecule has 0 saturated carbocycles. The third-order valence-electron chi connectivity index (χ3n) is 1.87. The second-order valence-corrected chi connectivity index (χ2v) is 3.90. The van der Waals surface area contributed by atoms with Gasteiger partial charge in [-0.05, 0) is 21.0 Å². The minimum Gasteiger partial charge on any atom is -0.367 e. The molecule has 1 aromatic rings. The Labute approximate surface area is 82.1 Å². The molecule has 3 N–H and O–H groups in total. The van der Waals surface area contributed by atoms with E-state index in [4.69, 9.17) is 5.73 Å². The summed E-state index contributed by atoms with van der Waals surface area (Å²) in [6.07, 6.45) is 0. The highest BCUT2D eigenvalue weighted by Crippen LogP contribution is 2.11. The first-order chi connectivity index (χ1) is 6.09. The van der Waals surface area contributed by atoms with Crippen LogP contribution < -0.4 is 11.1 Å². The number of hydrogen-bond acceptors (Lipinski definition) is 6. The Hall–Kier alpha value is -0.880. The van der Waals surface area contributed by atoms with Crippen molar-refractivity contribution in [1.82, 2.24) is 14.3 Å². The first kappa shape index (κ1) is 10.2. The van der Waals surface area contributed by atoms with Gasteiger partial charge in [-0.15, -0.1) is 0 Å². The van der Waals surface area contributed by atoms with Gasteiger partial charge in [-0.25, -0.2) is 0 Å². The number of rotatable bonds is 4. The number of likely N-dealkylation sites (N-methyl/N-ethyl adjacent to an activating group) is 1. The highest BCUT2D eigenvalue weighted by Gasteiger charge is 2.05. The largest absolute Gasteiger partial charge is 0.367 e. The van der Waals surface area contributed by atoms with Gasteiger partial charge < -0.3 is 16.0 Å². The predicted molar refractivity (Wildman–Crippen MR) is 56.0 cm³/mol. The lowest BCUT2D eigenvalue weighted by atomic mass is 10.3. The molecule has 0 aliphatic heterocycles. The van der Waals surface area contributed by atoms with Crippen LogP contribution in [0.5, 0.6) is 0 Å². The smallest absolute Gasteiger partial charge is 0.233 e. The summed E-state index contributed by atoms with van der Waals surface area (Å²) < 4.78 is 3.87. The van der Waals surface area contributed by atoms with Crippen LogP contribution in [0.3, 0.4) is 0 Å². The van der Waals surface area contributed by atoms with Gasteiger partial charge in [-0.1, -0.05) is 0 Å². The van der Waals surface area contributed by atoms with Crippen molar-refractivity contribution < 1.29 is 0 Å². The minimum absolute atomic E-state index is 0.338. The number of nitrogens with one attached hydrogen (secondary N) is 1. The van der Waals surface area contributed by atoms with E-state index in [1.165, 1.54) is 11.5 Å². The summed E-state index contributed by atoms with van der Waals surface area (Å²) in [4.78, 5) is 6.13. The molecule has 1 rings (SSSR count). The monoisotopic (exact) mass is 201 g/mol. The molecule has 0 amide bonds. The fourth-order valence-corrected chi connectivity index (χ4v) is 1.23. The van der Waals surface area contributed by atoms with E-state index < -0.39 is 0 Å². The summed E-state index contributed by atoms with van der Waals surface area (Å²) in [6.45, 7) is 2.99. The lowest BCUT2D eigenvalue weighted by Crippen LogP contribution is -2.31. The molecule has 1 aromatic heterocycles. The molecule has 0 fully saturated rings. The molecule has 74 valence electrons. The van der Waals surface area contributed by atoms with Gasteiger partial charge in [0.25, 0.3) is 0 Å². The van der Waals surface area contributed by atoms with E-state index in [0.717, 1.165) is 11.7 Å². The first-order valence-electron chi connectivity index (χ1n) is 4.09. The third kappa shape index (κ3) is 3.16. The molecule has 0 aliphatic rings. The Morgan fingerprint density at radius 3 is 2.77 bits per heavy atom. The Morgan fingerprint density at radius 1 is 1.62 bits per heavy atom. The zero-order chi connectivity index (χ0) is 9.84. The molecule has 1 unspecified atom stereocenters. The van der Waals surface area contributed by atoms with Gasteiger partial charge in [0.2, 0.25) is 11.1 Å². The molecule has 0 bridgehead atoms. The number of nitrogen functional groups attached to an aromatic ring is 1. The quantitative estimate of drug-likeness (QED) is 0.741. The maximum Gasteiger partial charge on any atom is 0.233 e. The topological polar surface area (TPSA) is 67.1 Å². The van der Waals surface area contributed by atoms with Crippen LogP contribution in [-0.2, 0) is 0 Å². The van der Waals surface area contributed by atoms with Crippen LogP contribution >= 0.6 is 11.5 Å². The van der Waals surface area contributed by atoms with E-state index in [1.54, 1.807) is 0 Å². The van der Waals surface area contributed by atoms with Crippen molar-refractivity contribution >= 4 is 22.6 Å². The number of aromatic nitrogens is 2. The van der Waals surface area contributed by atoms with Crippen molar-refractivity contribution in [2.45, 2.75) is 13.0 Å². The van der Waals surface area contributed by atoms with E-state index in [0.29, 0.717) is 12.0 Å². The van der Waals surface area contributed by atoms with Gasteiger partial charge in [0.1, 0.15) is 0 Å². The second kappa shape index (κ2) is 4.38. The molecule has 0 saturated heterocycles. The van der Waals surface area contributed by atoms with E-state index in [-0.39, 0.29) is 0 Å². The fourth-order valence-electron chi connectivity index (χ4n) is 0.724. The van der Waals surface area contributed by atoms with Crippen molar-refractivity contribution in [3.63, 3.8) is 0 Å². The fraction of sp³-hybridized carbons (Fsp3) is 0.714. The lowest BCUT2D eigenvalue weighted by Gasteiger charge is -2.19. The van der Waals surface area contributed by atoms with E-state index in [2.05, 4.69) is 26.5 Å². The summed E-state index contributed by atoms with van der Waals surface area (Å²) in [5, 5.41) is 3.95. The van der Waals surface area contributed by atoms with Crippen LogP contribution in [0, 0.1) is 0 Å². The summed E-state index contributed by atoms with van der Waals surface area (Å²) in [7, 11) is 4.08. The summed E-state index contributed by atoms with van der Waals surface area (Å²) in [6, 6.07) is 0.463. The summed E-state index contributed by atoms with van der Waals surface area (Å²) in [5.74, 6) is 0.338. The average molecular weight is 201 g/mol. The number of anilines is 2. The van der Waals surface area contributed by atoms with Crippen molar-refractivity contribution in [3.8, 4) is 0 Å². The van der Waals surface area contributed by atoms with E-state index in [9.17, 15) is 0 Å². The van der Waals surface area contributed by atoms with Gasteiger partial charge in [0.15, 0.2) is 0 Å². The van der Waals surface area contributed by atoms with Crippen molar-refractivity contribution in [1.29, 1.82) is 0 Å². The maximum atomic E-state index is 5.38.